The molecule has 212 valence electrons. The zero-order valence-electron chi connectivity index (χ0n) is 22.3. The first-order chi connectivity index (χ1) is 18.8. The van der Waals surface area contributed by atoms with E-state index < -0.39 is 35.4 Å². The number of nitrogens with one attached hydrogen (secondary N) is 1. The molecule has 3 aromatic rings. The lowest BCUT2D eigenvalue weighted by Crippen LogP contribution is -2.47. The van der Waals surface area contributed by atoms with E-state index in [9.17, 15) is 26.7 Å². The van der Waals surface area contributed by atoms with Gasteiger partial charge in [0.15, 0.2) is 0 Å². The zero-order valence-corrected chi connectivity index (χ0v) is 22.3. The lowest BCUT2D eigenvalue weighted by Gasteiger charge is -2.39. The zero-order chi connectivity index (χ0) is 28.5. The van der Waals surface area contributed by atoms with Gasteiger partial charge in [-0.25, -0.2) is 8.78 Å². The highest BCUT2D eigenvalue weighted by Crippen LogP contribution is 2.54. The average Bonchev–Trinajstić information content (AvgIpc) is 3.56. The van der Waals surface area contributed by atoms with Gasteiger partial charge < -0.3 is 14.8 Å². The number of benzene rings is 2. The first-order valence-electron chi connectivity index (χ1n) is 13.4. The molecule has 2 fully saturated rings. The number of fused-ring (bicyclic) bond motifs is 1. The molecule has 40 heavy (non-hydrogen) atoms. The number of hydrogen-bond acceptors (Lipinski definition) is 4. The predicted molar refractivity (Wildman–Crippen MR) is 138 cm³/mol. The van der Waals surface area contributed by atoms with Crippen LogP contribution < -0.4 is 10.2 Å². The van der Waals surface area contributed by atoms with Crippen molar-refractivity contribution in [1.82, 2.24) is 20.1 Å². The van der Waals surface area contributed by atoms with Crippen LogP contribution in [-0.4, -0.2) is 32.1 Å². The third-order valence-electron chi connectivity index (χ3n) is 8.91. The van der Waals surface area contributed by atoms with Gasteiger partial charge in [-0.2, -0.15) is 13.2 Å². The largest absolute Gasteiger partial charge is 0.416 e. The van der Waals surface area contributed by atoms with E-state index in [4.69, 9.17) is 0 Å². The molecule has 0 saturated heterocycles. The van der Waals surface area contributed by atoms with Crippen molar-refractivity contribution in [2.24, 2.45) is 7.05 Å². The molecule has 1 atom stereocenters. The molecule has 1 aliphatic heterocycles. The Morgan fingerprint density at radius 3 is 2.42 bits per heavy atom. The first kappa shape index (κ1) is 26.9. The molecule has 0 radical (unpaired) electrons. The maximum atomic E-state index is 14.8. The number of amides is 1. The molecular formula is C29H30F5N5O. The average molecular weight is 560 g/mol. The number of carbonyl (C=O) groups excluding carboxylic acids is 1. The van der Waals surface area contributed by atoms with Crippen LogP contribution in [-0.2, 0) is 31.7 Å². The molecule has 2 saturated carbocycles. The molecular weight excluding hydrogens is 529 g/mol. The number of anilines is 1. The Morgan fingerprint density at radius 2 is 1.82 bits per heavy atom. The maximum Gasteiger partial charge on any atom is 0.416 e. The van der Waals surface area contributed by atoms with Gasteiger partial charge in [0.05, 0.1) is 17.5 Å². The maximum absolute atomic E-state index is 14.8. The SMILES string of the molecule is Cn1cnnc1[C@]1(c2ccccc2N2Cc3c(cc(CNC4(C)CCC4)cc3C(F)(F)F)C2=O)CCC(F)(F)C1. The summed E-state index contributed by atoms with van der Waals surface area (Å²) in [6.07, 6.45) is -1.14. The monoisotopic (exact) mass is 559 g/mol. The summed E-state index contributed by atoms with van der Waals surface area (Å²) in [5.74, 6) is -3.22. The van der Waals surface area contributed by atoms with Crippen molar-refractivity contribution < 1.29 is 26.7 Å². The fraction of sp³-hybridized carbons (Fsp3) is 0.483. The molecule has 6 nitrogen and oxygen atoms in total. The summed E-state index contributed by atoms with van der Waals surface area (Å²) >= 11 is 0. The van der Waals surface area contributed by atoms with Crippen LogP contribution in [0.3, 0.4) is 0 Å². The Balaban J connectivity index is 1.43. The van der Waals surface area contributed by atoms with Crippen molar-refractivity contribution in [2.45, 2.75) is 81.6 Å². The van der Waals surface area contributed by atoms with Gasteiger partial charge in [-0.15, -0.1) is 10.2 Å². The molecule has 0 unspecified atom stereocenters. The Bertz CT molecular complexity index is 1480. The van der Waals surface area contributed by atoms with Gasteiger partial charge in [-0.3, -0.25) is 4.79 Å². The second-order valence-corrected chi connectivity index (χ2v) is 11.7. The standard InChI is InChI=1S/C29H30F5N5O/c1-26(8-5-9-26)35-14-18-12-19-20(22(13-18)29(32,33)34)15-39(24(19)40)23-7-4-3-6-21(23)27(10-11-28(30,31)16-27)25-37-36-17-38(25)2/h3-4,6-7,12-13,17,35H,5,8-11,14-16H2,1-2H3/t27-/m1/s1. The molecule has 1 N–H and O–H groups in total. The van der Waals surface area contributed by atoms with E-state index in [1.165, 1.54) is 17.3 Å². The van der Waals surface area contributed by atoms with Gasteiger partial charge in [-0.1, -0.05) is 18.2 Å². The highest BCUT2D eigenvalue weighted by molar-refractivity contribution is 6.11. The number of aromatic nitrogens is 3. The number of carbonyl (C=O) groups is 1. The summed E-state index contributed by atoms with van der Waals surface area (Å²) in [4.78, 5) is 15.1. The molecule has 1 aromatic heterocycles. The quantitative estimate of drug-likeness (QED) is 0.369. The van der Waals surface area contributed by atoms with Crippen LogP contribution in [0.15, 0.2) is 42.7 Å². The lowest BCUT2D eigenvalue weighted by molar-refractivity contribution is -0.138. The van der Waals surface area contributed by atoms with Crippen LogP contribution in [0.1, 0.15) is 83.9 Å². The molecule has 0 bridgehead atoms. The minimum absolute atomic E-state index is 0.00958. The first-order valence-corrected chi connectivity index (χ1v) is 13.4. The third kappa shape index (κ3) is 4.38. The van der Waals surface area contributed by atoms with Gasteiger partial charge >= 0.3 is 6.18 Å². The molecule has 3 aliphatic rings. The number of alkyl halides is 5. The van der Waals surface area contributed by atoms with Crippen molar-refractivity contribution >= 4 is 11.6 Å². The van der Waals surface area contributed by atoms with E-state index in [-0.39, 0.29) is 42.6 Å². The third-order valence-corrected chi connectivity index (χ3v) is 8.91. The fourth-order valence-corrected chi connectivity index (χ4v) is 6.60. The fourth-order valence-electron chi connectivity index (χ4n) is 6.60. The highest BCUT2D eigenvalue weighted by Gasteiger charge is 2.55. The summed E-state index contributed by atoms with van der Waals surface area (Å²) in [6, 6.07) is 9.28. The summed E-state index contributed by atoms with van der Waals surface area (Å²) in [5, 5.41) is 11.4. The van der Waals surface area contributed by atoms with Crippen LogP contribution in [0.25, 0.3) is 0 Å². The number of nitrogens with zero attached hydrogens (tertiary/aromatic N) is 4. The van der Waals surface area contributed by atoms with E-state index in [0.29, 0.717) is 22.6 Å². The van der Waals surface area contributed by atoms with E-state index in [1.807, 2.05) is 6.92 Å². The van der Waals surface area contributed by atoms with Gasteiger partial charge in [-0.05, 0) is 67.5 Å². The van der Waals surface area contributed by atoms with Crippen molar-refractivity contribution in [1.29, 1.82) is 0 Å². The molecule has 2 heterocycles. The summed E-state index contributed by atoms with van der Waals surface area (Å²) in [7, 11) is 1.67. The molecule has 1 amide bonds. The molecule has 0 spiro atoms. The van der Waals surface area contributed by atoms with Gasteiger partial charge in [0.2, 0.25) is 5.92 Å². The van der Waals surface area contributed by atoms with Crippen LogP contribution in [0.2, 0.25) is 0 Å². The van der Waals surface area contributed by atoms with Crippen LogP contribution in [0.4, 0.5) is 27.6 Å². The minimum atomic E-state index is -4.66. The van der Waals surface area contributed by atoms with Crippen LogP contribution in [0, 0.1) is 0 Å². The van der Waals surface area contributed by atoms with E-state index in [0.717, 1.165) is 25.3 Å². The Hall–Kier alpha value is -3.34. The number of halogens is 5. The number of aryl methyl sites for hydroxylation is 1. The molecule has 11 heteroatoms. The Morgan fingerprint density at radius 1 is 1.07 bits per heavy atom. The number of rotatable bonds is 6. The predicted octanol–water partition coefficient (Wildman–Crippen LogP) is 6.13. The minimum Gasteiger partial charge on any atom is -0.320 e. The van der Waals surface area contributed by atoms with Crippen molar-refractivity contribution in [3.8, 4) is 0 Å². The summed E-state index contributed by atoms with van der Waals surface area (Å²) in [5.41, 5.74) is -1.22. The van der Waals surface area contributed by atoms with Crippen molar-refractivity contribution in [3.63, 3.8) is 0 Å². The van der Waals surface area contributed by atoms with E-state index >= 15 is 0 Å². The highest BCUT2D eigenvalue weighted by atomic mass is 19.4. The Labute approximate surface area is 228 Å². The molecule has 6 rings (SSSR count). The van der Waals surface area contributed by atoms with Crippen molar-refractivity contribution in [3.05, 3.63) is 76.4 Å². The van der Waals surface area contributed by atoms with E-state index in [1.54, 1.807) is 35.9 Å². The smallest absolute Gasteiger partial charge is 0.320 e. The lowest BCUT2D eigenvalue weighted by atomic mass is 9.76. The van der Waals surface area contributed by atoms with Gasteiger partial charge in [0, 0.05) is 43.2 Å². The number of hydrogen-bond donors (Lipinski definition) is 1. The van der Waals surface area contributed by atoms with Gasteiger partial charge in [0.1, 0.15) is 12.2 Å². The van der Waals surface area contributed by atoms with Crippen LogP contribution >= 0.6 is 0 Å². The normalized spacial score (nSPS) is 23.4. The molecule has 2 aliphatic carbocycles. The molecule has 2 aromatic carbocycles. The number of para-hydroxylation sites is 1. The summed E-state index contributed by atoms with van der Waals surface area (Å²) < 4.78 is 74.0. The second-order valence-electron chi connectivity index (χ2n) is 11.7. The van der Waals surface area contributed by atoms with E-state index in [2.05, 4.69) is 15.5 Å². The summed E-state index contributed by atoms with van der Waals surface area (Å²) in [6.45, 7) is 1.94. The Kier molecular flexibility index (Phi) is 6.10. The van der Waals surface area contributed by atoms with Crippen LogP contribution in [0.5, 0.6) is 0 Å². The second kappa shape index (κ2) is 9.09. The van der Waals surface area contributed by atoms with Gasteiger partial charge in [0.25, 0.3) is 5.91 Å². The topological polar surface area (TPSA) is 63.1 Å². The van der Waals surface area contributed by atoms with Crippen molar-refractivity contribution in [2.75, 3.05) is 4.90 Å².